The number of aromatic nitrogens is 3. The van der Waals surface area contributed by atoms with Crippen LogP contribution in [0, 0.1) is 11.3 Å². The van der Waals surface area contributed by atoms with Gasteiger partial charge in [-0.3, -0.25) is 4.57 Å². The maximum atomic E-state index is 9.06. The minimum absolute atomic E-state index is 0.203. The first-order valence-electron chi connectivity index (χ1n) is 9.74. The number of ether oxygens (including phenoxy) is 2. The van der Waals surface area contributed by atoms with Gasteiger partial charge in [-0.2, -0.15) is 17.9 Å². The Morgan fingerprint density at radius 1 is 0.969 bits per heavy atom. The van der Waals surface area contributed by atoms with Gasteiger partial charge in [0.05, 0.1) is 24.0 Å². The quantitative estimate of drug-likeness (QED) is 0.372. The number of hydrogen-bond acceptors (Lipinski definition) is 6. The lowest BCUT2D eigenvalue weighted by atomic mass is 10.1. The van der Waals surface area contributed by atoms with E-state index in [2.05, 4.69) is 16.3 Å². The van der Waals surface area contributed by atoms with Crippen molar-refractivity contribution in [2.75, 3.05) is 7.11 Å². The molecular formula is C24H19ClN4O2S. The molecule has 1 atom stereocenters. The molecule has 160 valence electrons. The topological polar surface area (TPSA) is 73.0 Å². The number of nitrogens with zero attached hydrogens (tertiary/aromatic N) is 4. The van der Waals surface area contributed by atoms with E-state index in [-0.39, 0.29) is 11.9 Å². The summed E-state index contributed by atoms with van der Waals surface area (Å²) < 4.78 is 13.1. The van der Waals surface area contributed by atoms with Gasteiger partial charge in [0.15, 0.2) is 11.6 Å². The molecule has 0 saturated heterocycles. The molecule has 0 amide bonds. The van der Waals surface area contributed by atoms with Crippen molar-refractivity contribution < 1.29 is 9.47 Å². The van der Waals surface area contributed by atoms with Crippen LogP contribution in [0.3, 0.4) is 0 Å². The molecule has 0 N–H and O–H groups in total. The molecule has 3 aromatic carbocycles. The van der Waals surface area contributed by atoms with Crippen molar-refractivity contribution in [3.63, 3.8) is 0 Å². The second-order valence-corrected chi connectivity index (χ2v) is 7.84. The van der Waals surface area contributed by atoms with Crippen molar-refractivity contribution in [1.29, 1.82) is 5.26 Å². The minimum Gasteiger partial charge on any atom is -0.497 e. The van der Waals surface area contributed by atoms with Crippen LogP contribution in [-0.4, -0.2) is 21.9 Å². The summed E-state index contributed by atoms with van der Waals surface area (Å²) in [6, 6.07) is 24.1. The molecule has 4 rings (SSSR count). The highest BCUT2D eigenvalue weighted by Crippen LogP contribution is 2.30. The molecule has 8 heteroatoms. The minimum atomic E-state index is -0.360. The first-order valence-corrected chi connectivity index (χ1v) is 10.6. The van der Waals surface area contributed by atoms with Gasteiger partial charge in [0.2, 0.25) is 0 Å². The zero-order valence-electron chi connectivity index (χ0n) is 17.1. The number of hydrogen-bond donors (Lipinski definition) is 1. The highest BCUT2D eigenvalue weighted by molar-refractivity contribution is 7.80. The molecule has 0 bridgehead atoms. The van der Waals surface area contributed by atoms with Gasteiger partial charge >= 0.3 is 0 Å². The fourth-order valence-corrected chi connectivity index (χ4v) is 3.65. The molecule has 6 nitrogen and oxygen atoms in total. The van der Waals surface area contributed by atoms with Gasteiger partial charge in [-0.1, -0.05) is 23.7 Å². The third kappa shape index (κ3) is 4.72. The Morgan fingerprint density at radius 3 is 2.25 bits per heavy atom. The average molecular weight is 463 g/mol. The van der Waals surface area contributed by atoms with Gasteiger partial charge < -0.3 is 9.47 Å². The van der Waals surface area contributed by atoms with Crippen LogP contribution in [-0.2, 0) is 6.61 Å². The van der Waals surface area contributed by atoms with Crippen LogP contribution in [0.2, 0.25) is 5.02 Å². The number of rotatable bonds is 7. The molecule has 0 aliphatic heterocycles. The molecule has 1 unspecified atom stereocenters. The summed E-state index contributed by atoms with van der Waals surface area (Å²) >= 11 is 10.8. The van der Waals surface area contributed by atoms with Crippen LogP contribution in [0.25, 0.3) is 5.69 Å². The molecule has 1 heterocycles. The number of thiol groups is 1. The molecule has 0 saturated carbocycles. The van der Waals surface area contributed by atoms with E-state index in [0.29, 0.717) is 28.0 Å². The molecular weight excluding hydrogens is 444 g/mol. The maximum absolute atomic E-state index is 9.06. The molecule has 0 radical (unpaired) electrons. The largest absolute Gasteiger partial charge is 0.497 e. The summed E-state index contributed by atoms with van der Waals surface area (Å²) in [5.74, 6) is 2.68. The van der Waals surface area contributed by atoms with Gasteiger partial charge in [0.1, 0.15) is 18.1 Å². The van der Waals surface area contributed by atoms with Crippen LogP contribution in [0.1, 0.15) is 28.0 Å². The summed E-state index contributed by atoms with van der Waals surface area (Å²) in [5.41, 5.74) is 2.34. The normalized spacial score (nSPS) is 11.6. The van der Waals surface area contributed by atoms with Crippen molar-refractivity contribution in [1.82, 2.24) is 14.8 Å². The Balaban J connectivity index is 1.70. The van der Waals surface area contributed by atoms with E-state index in [1.54, 1.807) is 43.5 Å². The molecule has 0 spiro atoms. The van der Waals surface area contributed by atoms with Crippen LogP contribution >= 0.6 is 24.2 Å². The average Bonchev–Trinajstić information content (AvgIpc) is 3.27. The van der Waals surface area contributed by atoms with E-state index in [0.717, 1.165) is 17.0 Å². The third-order valence-corrected chi connectivity index (χ3v) is 5.65. The number of methoxy groups -OCH3 is 1. The number of halogens is 1. The lowest BCUT2D eigenvalue weighted by molar-refractivity contribution is 0.293. The van der Waals surface area contributed by atoms with Gasteiger partial charge in [0.25, 0.3) is 0 Å². The monoisotopic (exact) mass is 462 g/mol. The second-order valence-electron chi connectivity index (χ2n) is 6.89. The highest BCUT2D eigenvalue weighted by Gasteiger charge is 2.22. The van der Waals surface area contributed by atoms with Crippen molar-refractivity contribution in [2.45, 2.75) is 11.9 Å². The lowest BCUT2D eigenvalue weighted by Gasteiger charge is -2.16. The first-order chi connectivity index (χ1) is 15.6. The summed E-state index contributed by atoms with van der Waals surface area (Å²) in [4.78, 5) is 0. The molecule has 0 fully saturated rings. The SMILES string of the molecule is COc1ccc(-n2c(COc3ccc(Cl)cc3)nnc2C(S)c2ccc(C#N)cc2)cc1. The molecule has 0 aliphatic carbocycles. The smallest absolute Gasteiger partial charge is 0.175 e. The number of nitriles is 1. The fraction of sp³-hybridized carbons (Fsp3) is 0.125. The second kappa shape index (κ2) is 9.77. The van der Waals surface area contributed by atoms with Crippen molar-refractivity contribution in [3.05, 3.63) is 101 Å². The van der Waals surface area contributed by atoms with Crippen molar-refractivity contribution >= 4 is 24.2 Å². The predicted octanol–water partition coefficient (Wildman–Crippen LogP) is 5.40. The molecule has 32 heavy (non-hydrogen) atoms. The fourth-order valence-electron chi connectivity index (χ4n) is 3.18. The van der Waals surface area contributed by atoms with Crippen LogP contribution in [0.5, 0.6) is 11.5 Å². The van der Waals surface area contributed by atoms with E-state index >= 15 is 0 Å². The van der Waals surface area contributed by atoms with Crippen LogP contribution < -0.4 is 9.47 Å². The Labute approximate surface area is 196 Å². The first kappa shape index (κ1) is 21.8. The number of benzene rings is 3. The van der Waals surface area contributed by atoms with Crippen molar-refractivity contribution in [2.24, 2.45) is 0 Å². The summed E-state index contributed by atoms with van der Waals surface area (Å²) in [6.45, 7) is 0.203. The highest BCUT2D eigenvalue weighted by atomic mass is 35.5. The Hall–Kier alpha value is -3.47. The Kier molecular flexibility index (Phi) is 6.64. The van der Waals surface area contributed by atoms with Crippen molar-refractivity contribution in [3.8, 4) is 23.3 Å². The van der Waals surface area contributed by atoms with Crippen LogP contribution in [0.15, 0.2) is 72.8 Å². The van der Waals surface area contributed by atoms with Gasteiger partial charge in [-0.15, -0.1) is 10.2 Å². The van der Waals surface area contributed by atoms with E-state index in [9.17, 15) is 0 Å². The van der Waals surface area contributed by atoms with E-state index in [4.69, 9.17) is 39.0 Å². The van der Waals surface area contributed by atoms with Gasteiger partial charge in [-0.25, -0.2) is 0 Å². The van der Waals surface area contributed by atoms with Crippen LogP contribution in [0.4, 0.5) is 0 Å². The standard InChI is InChI=1S/C24H19ClN4O2S/c1-30-20-12-8-19(9-13-20)29-22(15-31-21-10-6-18(25)7-11-21)27-28-24(29)23(32)17-4-2-16(14-26)3-5-17/h2-13,23,32H,15H2,1H3. The van der Waals surface area contributed by atoms with Gasteiger partial charge in [-0.05, 0) is 66.2 Å². The van der Waals surface area contributed by atoms with E-state index in [1.165, 1.54) is 0 Å². The maximum Gasteiger partial charge on any atom is 0.175 e. The summed E-state index contributed by atoms with van der Waals surface area (Å²) in [6.07, 6.45) is 0. The lowest BCUT2D eigenvalue weighted by Crippen LogP contribution is -2.10. The third-order valence-electron chi connectivity index (χ3n) is 4.87. The molecule has 1 aromatic heterocycles. The van der Waals surface area contributed by atoms with E-state index < -0.39 is 0 Å². The predicted molar refractivity (Wildman–Crippen MR) is 126 cm³/mol. The summed E-state index contributed by atoms with van der Waals surface area (Å²) in [5, 5.41) is 18.1. The zero-order chi connectivity index (χ0) is 22.5. The van der Waals surface area contributed by atoms with E-state index in [1.807, 2.05) is 41.0 Å². The zero-order valence-corrected chi connectivity index (χ0v) is 18.8. The molecule has 0 aliphatic rings. The Bertz CT molecular complexity index is 1230. The molecule has 4 aromatic rings. The van der Waals surface area contributed by atoms with Gasteiger partial charge in [0, 0.05) is 10.7 Å². The Morgan fingerprint density at radius 2 is 1.62 bits per heavy atom. The summed E-state index contributed by atoms with van der Waals surface area (Å²) in [7, 11) is 1.62.